The van der Waals surface area contributed by atoms with Crippen LogP contribution in [0.5, 0.6) is 5.88 Å². The minimum atomic E-state index is -0.381. The van der Waals surface area contributed by atoms with Crippen molar-refractivity contribution in [3.63, 3.8) is 0 Å². The number of rotatable bonds is 5. The van der Waals surface area contributed by atoms with E-state index in [-0.39, 0.29) is 36.9 Å². The standard InChI is InChI=1S/C19H18N6O3/c26-17(16-6-7-23-24-16)21-8-14-11-28-18-15(9-20-12-22-18)19(27)25(14)10-13-4-2-1-3-5-13/h1-7,9,12,14H,8,10-11H2,(H,21,26)(H,23,24). The largest absolute Gasteiger partial charge is 0.475 e. The number of amides is 2. The fourth-order valence-corrected chi connectivity index (χ4v) is 3.00. The number of aromatic nitrogens is 4. The molecule has 9 nitrogen and oxygen atoms in total. The first kappa shape index (κ1) is 17.7. The molecule has 2 amide bonds. The second-order valence-corrected chi connectivity index (χ2v) is 6.31. The van der Waals surface area contributed by atoms with E-state index in [0.717, 1.165) is 5.56 Å². The van der Waals surface area contributed by atoms with Gasteiger partial charge in [0.1, 0.15) is 24.2 Å². The van der Waals surface area contributed by atoms with Crippen LogP contribution in [0.4, 0.5) is 0 Å². The second kappa shape index (κ2) is 7.87. The van der Waals surface area contributed by atoms with Crippen LogP contribution in [0.15, 0.2) is 55.1 Å². The molecule has 1 aliphatic heterocycles. The molecule has 1 unspecified atom stereocenters. The van der Waals surface area contributed by atoms with Crippen molar-refractivity contribution in [1.29, 1.82) is 0 Å². The molecule has 1 aliphatic rings. The van der Waals surface area contributed by atoms with Crippen LogP contribution >= 0.6 is 0 Å². The number of aromatic amines is 1. The minimum absolute atomic E-state index is 0.200. The zero-order valence-electron chi connectivity index (χ0n) is 14.9. The van der Waals surface area contributed by atoms with E-state index >= 15 is 0 Å². The van der Waals surface area contributed by atoms with Gasteiger partial charge in [-0.05, 0) is 11.6 Å². The van der Waals surface area contributed by atoms with Crippen LogP contribution in [-0.2, 0) is 6.54 Å². The van der Waals surface area contributed by atoms with Gasteiger partial charge in [-0.3, -0.25) is 14.7 Å². The zero-order chi connectivity index (χ0) is 19.3. The van der Waals surface area contributed by atoms with Gasteiger partial charge in [-0.1, -0.05) is 30.3 Å². The van der Waals surface area contributed by atoms with Crippen molar-refractivity contribution in [2.24, 2.45) is 0 Å². The van der Waals surface area contributed by atoms with Crippen LogP contribution in [0.2, 0.25) is 0 Å². The number of carbonyl (C=O) groups excluding carboxylic acids is 2. The molecule has 1 atom stereocenters. The molecular weight excluding hydrogens is 360 g/mol. The maximum Gasteiger partial charge on any atom is 0.269 e. The highest BCUT2D eigenvalue weighted by Gasteiger charge is 2.32. The summed E-state index contributed by atoms with van der Waals surface area (Å²) in [6.45, 7) is 0.797. The van der Waals surface area contributed by atoms with Gasteiger partial charge in [-0.25, -0.2) is 9.97 Å². The molecule has 3 aromatic rings. The Bertz CT molecular complexity index is 961. The van der Waals surface area contributed by atoms with Crippen LogP contribution < -0.4 is 10.1 Å². The summed E-state index contributed by atoms with van der Waals surface area (Å²) >= 11 is 0. The number of benzene rings is 1. The quantitative estimate of drug-likeness (QED) is 0.686. The van der Waals surface area contributed by atoms with Crippen LogP contribution in [-0.4, -0.2) is 56.1 Å². The minimum Gasteiger partial charge on any atom is -0.475 e. The third-order valence-corrected chi connectivity index (χ3v) is 4.46. The average molecular weight is 378 g/mol. The van der Waals surface area contributed by atoms with Gasteiger partial charge in [0, 0.05) is 25.5 Å². The van der Waals surface area contributed by atoms with Gasteiger partial charge in [0.25, 0.3) is 11.8 Å². The summed E-state index contributed by atoms with van der Waals surface area (Å²) in [5, 5.41) is 9.22. The molecule has 9 heteroatoms. The van der Waals surface area contributed by atoms with Gasteiger partial charge in [-0.15, -0.1) is 0 Å². The predicted molar refractivity (Wildman–Crippen MR) is 98.6 cm³/mol. The van der Waals surface area contributed by atoms with Gasteiger partial charge >= 0.3 is 0 Å². The summed E-state index contributed by atoms with van der Waals surface area (Å²) in [5.74, 6) is -0.288. The lowest BCUT2D eigenvalue weighted by Crippen LogP contribution is -2.48. The number of carbonyl (C=O) groups is 2. The summed E-state index contributed by atoms with van der Waals surface area (Å²) in [5.41, 5.74) is 1.63. The maximum absolute atomic E-state index is 13.2. The van der Waals surface area contributed by atoms with E-state index in [4.69, 9.17) is 4.74 Å². The van der Waals surface area contributed by atoms with E-state index in [1.807, 2.05) is 30.3 Å². The predicted octanol–water partition coefficient (Wildman–Crippen LogP) is 1.03. The van der Waals surface area contributed by atoms with Crippen LogP contribution in [0, 0.1) is 0 Å². The van der Waals surface area contributed by atoms with E-state index in [0.29, 0.717) is 17.8 Å². The van der Waals surface area contributed by atoms with Crippen molar-refractivity contribution in [2.45, 2.75) is 12.6 Å². The Hall–Kier alpha value is -3.75. The van der Waals surface area contributed by atoms with E-state index < -0.39 is 0 Å². The SMILES string of the molecule is O=C(NCC1COc2ncncc2C(=O)N1Cc1ccccc1)c1ccn[nH]1. The first-order valence-electron chi connectivity index (χ1n) is 8.77. The van der Waals surface area contributed by atoms with Gasteiger partial charge in [0.05, 0.1) is 6.04 Å². The third kappa shape index (κ3) is 3.68. The number of hydrogen-bond acceptors (Lipinski definition) is 6. The summed E-state index contributed by atoms with van der Waals surface area (Å²) in [4.78, 5) is 35.1. The Morgan fingerprint density at radius 2 is 2.14 bits per heavy atom. The van der Waals surface area contributed by atoms with E-state index in [1.165, 1.54) is 18.7 Å². The molecule has 2 aromatic heterocycles. The highest BCUT2D eigenvalue weighted by molar-refractivity contribution is 5.96. The fourth-order valence-electron chi connectivity index (χ4n) is 3.00. The van der Waals surface area contributed by atoms with Crippen LogP contribution in [0.25, 0.3) is 0 Å². The molecular formula is C19H18N6O3. The molecule has 0 radical (unpaired) electrons. The monoisotopic (exact) mass is 378 g/mol. The number of hydrogen-bond donors (Lipinski definition) is 2. The summed E-state index contributed by atoms with van der Waals surface area (Å²) < 4.78 is 5.74. The number of nitrogens with zero attached hydrogens (tertiary/aromatic N) is 4. The number of H-pyrrole nitrogens is 1. The topological polar surface area (TPSA) is 113 Å². The van der Waals surface area contributed by atoms with Crippen molar-refractivity contribution in [3.8, 4) is 5.88 Å². The van der Waals surface area contributed by atoms with Gasteiger partial charge < -0.3 is 15.0 Å². The fraction of sp³-hybridized carbons (Fsp3) is 0.211. The molecule has 1 aromatic carbocycles. The molecule has 4 rings (SSSR count). The van der Waals surface area contributed by atoms with E-state index in [1.54, 1.807) is 11.0 Å². The molecule has 0 spiro atoms. The Morgan fingerprint density at radius 1 is 1.29 bits per heavy atom. The first-order chi connectivity index (χ1) is 13.7. The smallest absolute Gasteiger partial charge is 0.269 e. The summed E-state index contributed by atoms with van der Waals surface area (Å²) in [7, 11) is 0. The lowest BCUT2D eigenvalue weighted by molar-refractivity contribution is 0.0622. The zero-order valence-corrected chi connectivity index (χ0v) is 14.9. The highest BCUT2D eigenvalue weighted by atomic mass is 16.5. The molecule has 0 aliphatic carbocycles. The molecule has 0 saturated carbocycles. The number of nitrogens with one attached hydrogen (secondary N) is 2. The van der Waals surface area contributed by atoms with Gasteiger partial charge in [0.15, 0.2) is 0 Å². The van der Waals surface area contributed by atoms with Crippen molar-refractivity contribution in [1.82, 2.24) is 30.4 Å². The van der Waals surface area contributed by atoms with Crippen molar-refractivity contribution < 1.29 is 14.3 Å². The third-order valence-electron chi connectivity index (χ3n) is 4.46. The van der Waals surface area contributed by atoms with Gasteiger partial charge in [0.2, 0.25) is 5.88 Å². The molecule has 28 heavy (non-hydrogen) atoms. The van der Waals surface area contributed by atoms with Crippen molar-refractivity contribution in [3.05, 3.63) is 71.9 Å². The molecule has 142 valence electrons. The number of fused-ring (bicyclic) bond motifs is 1. The highest BCUT2D eigenvalue weighted by Crippen LogP contribution is 2.23. The molecule has 0 saturated heterocycles. The van der Waals surface area contributed by atoms with E-state index in [2.05, 4.69) is 25.5 Å². The lowest BCUT2D eigenvalue weighted by Gasteiger charge is -2.29. The van der Waals surface area contributed by atoms with E-state index in [9.17, 15) is 9.59 Å². The summed E-state index contributed by atoms with van der Waals surface area (Å²) in [6.07, 6.45) is 4.30. The molecule has 0 bridgehead atoms. The Kier molecular flexibility index (Phi) is 4.96. The molecule has 3 heterocycles. The molecule has 2 N–H and O–H groups in total. The maximum atomic E-state index is 13.2. The Balaban J connectivity index is 1.57. The summed E-state index contributed by atoms with van der Waals surface area (Å²) in [6, 6.07) is 10.8. The Morgan fingerprint density at radius 3 is 2.93 bits per heavy atom. The first-order valence-corrected chi connectivity index (χ1v) is 8.77. The lowest BCUT2D eigenvalue weighted by atomic mass is 10.1. The molecule has 0 fully saturated rings. The second-order valence-electron chi connectivity index (χ2n) is 6.31. The van der Waals surface area contributed by atoms with Crippen LogP contribution in [0.3, 0.4) is 0 Å². The van der Waals surface area contributed by atoms with Crippen LogP contribution in [0.1, 0.15) is 26.4 Å². The van der Waals surface area contributed by atoms with Gasteiger partial charge in [-0.2, -0.15) is 5.10 Å². The van der Waals surface area contributed by atoms with Crippen molar-refractivity contribution >= 4 is 11.8 Å². The Labute approximate surface area is 160 Å². The average Bonchev–Trinajstić information content (AvgIpc) is 3.24. The van der Waals surface area contributed by atoms with Crippen molar-refractivity contribution in [2.75, 3.05) is 13.2 Å². The number of ether oxygens (including phenoxy) is 1. The normalized spacial score (nSPS) is 16.1.